The van der Waals surface area contributed by atoms with Gasteiger partial charge in [-0.3, -0.25) is 0 Å². The van der Waals surface area contributed by atoms with Gasteiger partial charge in [0, 0.05) is 111 Å². The molecule has 15 aromatic carbocycles. The third-order valence-corrected chi connectivity index (χ3v) is 23.0. The molecule has 23 rings (SSSR count). The number of fused-ring (bicyclic) bond motifs is 14. The van der Waals surface area contributed by atoms with Gasteiger partial charge in [0.15, 0.2) is 52.4 Å². The molecule has 0 amide bonds. The molecule has 0 saturated carbocycles. The zero-order chi connectivity index (χ0) is 77.7. The second-order valence-electron chi connectivity index (χ2n) is 30.0. The number of hydrogen-bond acceptors (Lipinski definition) is 10. The zero-order valence-corrected chi connectivity index (χ0v) is 63.5. The van der Waals surface area contributed by atoms with Gasteiger partial charge in [-0.2, -0.15) is 0 Å². The van der Waals surface area contributed by atoms with Crippen LogP contribution in [0.4, 0.5) is 11.4 Å². The molecule has 7 heterocycles. The van der Waals surface area contributed by atoms with Crippen molar-refractivity contribution in [3.8, 4) is 120 Å². The minimum absolute atomic E-state index is 0.0572. The van der Waals surface area contributed by atoms with E-state index in [0.29, 0.717) is 52.4 Å². The molecular weight excluding hydrogens is 1440 g/mol. The summed E-state index contributed by atoms with van der Waals surface area (Å²) in [5.41, 5.74) is 22.6. The molecule has 0 N–H and O–H groups in total. The molecule has 6 aromatic heterocycles. The Bertz CT molecular complexity index is 7500. The first-order valence-corrected chi connectivity index (χ1v) is 39.7. The van der Waals surface area contributed by atoms with Crippen LogP contribution < -0.4 is 4.90 Å². The van der Waals surface area contributed by atoms with E-state index in [9.17, 15) is 0 Å². The average molecular weight is 1510 g/mol. The standard InChI is InChI=1S/C105H67N13/c1-8-30-66(31-9-1)97-106-98(67-32-10-2-11-33-67)110-103(109-97)74-42-29-47-79(62-74)117-90-52-26-23-49-82(90)85-57-58-87-88-65-72(54-59-92(88)116(96(87)94(85)117)78-45-20-7-21-46-78)71-40-28-41-73(60-71)102-108-101(70-38-16-5-17-39-70)113-105(114-102)76-61-75(104-111-99(68-34-12-3-13-35-68)107-100(112-104)69-36-14-4-15-37-69)63-80(64-76)118-91-53-27-24-50-83(91)86-56-55-84-81-48-22-25-51-89(81)115(93(84)95(86)118)77-43-18-6-19-44-77/h1-65,88,92H. The van der Waals surface area contributed by atoms with Gasteiger partial charge in [-0.15, -0.1) is 0 Å². The fourth-order valence-corrected chi connectivity index (χ4v) is 17.7. The summed E-state index contributed by atoms with van der Waals surface area (Å²) in [5.74, 6) is 4.86. The Kier molecular flexibility index (Phi) is 16.0. The van der Waals surface area contributed by atoms with Crippen LogP contribution in [-0.2, 0) is 0 Å². The number of nitrogens with zero attached hydrogens (tertiary/aromatic N) is 13. The zero-order valence-electron chi connectivity index (χ0n) is 63.5. The Hall–Kier alpha value is -16.0. The van der Waals surface area contributed by atoms with Crippen LogP contribution in [0.25, 0.3) is 191 Å². The van der Waals surface area contributed by atoms with Crippen molar-refractivity contribution < 1.29 is 0 Å². The summed E-state index contributed by atoms with van der Waals surface area (Å²) in [7, 11) is 0. The first-order valence-electron chi connectivity index (χ1n) is 39.7. The fourth-order valence-electron chi connectivity index (χ4n) is 17.7. The Labute approximate surface area is 678 Å². The molecular formula is C105H67N13. The molecule has 21 aromatic rings. The van der Waals surface area contributed by atoms with Crippen molar-refractivity contribution in [1.82, 2.24) is 58.6 Å². The maximum absolute atomic E-state index is 5.65. The summed E-state index contributed by atoms with van der Waals surface area (Å²) in [6.07, 6.45) is 7.17. The topological polar surface area (TPSA) is 134 Å². The fraction of sp³-hybridized carbons (Fsp3) is 0.0190. The average Bonchev–Trinajstić information content (AvgIpc) is 1.55. The molecule has 2 unspecified atom stereocenters. The van der Waals surface area contributed by atoms with Crippen molar-refractivity contribution in [2.45, 2.75) is 12.0 Å². The minimum atomic E-state index is -0.0686. The lowest BCUT2D eigenvalue weighted by molar-refractivity contribution is 0.747. The highest BCUT2D eigenvalue weighted by Gasteiger charge is 2.41. The van der Waals surface area contributed by atoms with E-state index in [2.05, 4.69) is 273 Å². The van der Waals surface area contributed by atoms with Crippen LogP contribution in [0.1, 0.15) is 17.0 Å². The predicted molar refractivity (Wildman–Crippen MR) is 477 cm³/mol. The first kappa shape index (κ1) is 67.7. The van der Waals surface area contributed by atoms with E-state index in [1.54, 1.807) is 0 Å². The lowest BCUT2D eigenvalue weighted by Crippen LogP contribution is -2.29. The van der Waals surface area contributed by atoms with Gasteiger partial charge >= 0.3 is 0 Å². The van der Waals surface area contributed by atoms with E-state index in [4.69, 9.17) is 44.9 Å². The van der Waals surface area contributed by atoms with Crippen LogP contribution >= 0.6 is 0 Å². The summed E-state index contributed by atoms with van der Waals surface area (Å²) in [5, 5.41) is 6.83. The van der Waals surface area contributed by atoms with Crippen LogP contribution in [0, 0.1) is 0 Å². The smallest absolute Gasteiger partial charge is 0.164 e. The number of hydrogen-bond donors (Lipinski definition) is 0. The second-order valence-corrected chi connectivity index (χ2v) is 30.0. The number of benzene rings is 15. The SMILES string of the molecule is C1=CC2C(C=C1c1cccc(-c3nc(-c4ccccc4)nc(-c4cc(-c5nc(-c6ccccc6)nc(-c6ccccc6)n5)cc(-n5c6ccccc6c6ccc7c8ccccc8n(-c8ccccc8)c7c65)c4)n3)c1)c1ccc3c4ccccc4n(-c4cccc(-c5nc(-c6ccccc6)nc(-c6ccccc6)n5)c4)c3c1N2c1ccccc1. The summed E-state index contributed by atoms with van der Waals surface area (Å²) >= 11 is 0. The number of anilines is 2. The van der Waals surface area contributed by atoms with Crippen LogP contribution in [0.3, 0.4) is 0 Å². The van der Waals surface area contributed by atoms with Gasteiger partial charge in [-0.25, -0.2) is 44.9 Å². The van der Waals surface area contributed by atoms with Crippen LogP contribution in [0.2, 0.25) is 0 Å². The van der Waals surface area contributed by atoms with E-state index < -0.39 is 0 Å². The largest absolute Gasteiger partial charge is 0.332 e. The Morgan fingerprint density at radius 3 is 0.966 bits per heavy atom. The Morgan fingerprint density at radius 1 is 0.212 bits per heavy atom. The normalized spacial score (nSPS) is 13.8. The van der Waals surface area contributed by atoms with Gasteiger partial charge in [0.1, 0.15) is 0 Å². The van der Waals surface area contributed by atoms with Crippen molar-refractivity contribution in [2.75, 3.05) is 4.90 Å². The van der Waals surface area contributed by atoms with E-state index in [1.165, 1.54) is 5.56 Å². The van der Waals surface area contributed by atoms with E-state index in [1.807, 2.05) is 140 Å². The summed E-state index contributed by atoms with van der Waals surface area (Å²) in [6, 6.07) is 132. The Morgan fingerprint density at radius 2 is 0.517 bits per heavy atom. The number of aromatic nitrogens is 12. The van der Waals surface area contributed by atoms with Crippen molar-refractivity contribution >= 4 is 82.4 Å². The van der Waals surface area contributed by atoms with E-state index >= 15 is 0 Å². The second kappa shape index (κ2) is 28.0. The summed E-state index contributed by atoms with van der Waals surface area (Å²) in [4.78, 5) is 50.6. The molecule has 13 nitrogen and oxygen atoms in total. The molecule has 2 atom stereocenters. The lowest BCUT2D eigenvalue weighted by Gasteiger charge is -2.30. The van der Waals surface area contributed by atoms with Gasteiger partial charge < -0.3 is 18.6 Å². The van der Waals surface area contributed by atoms with E-state index in [0.717, 1.165) is 155 Å². The highest BCUT2D eigenvalue weighted by Crippen LogP contribution is 2.55. The van der Waals surface area contributed by atoms with Gasteiger partial charge in [0.05, 0.1) is 44.8 Å². The van der Waals surface area contributed by atoms with Gasteiger partial charge in [0.2, 0.25) is 0 Å². The molecule has 1 aliphatic heterocycles. The van der Waals surface area contributed by atoms with Crippen LogP contribution in [-0.4, -0.2) is 64.6 Å². The first-order chi connectivity index (χ1) is 58.5. The molecule has 1 aliphatic carbocycles. The van der Waals surface area contributed by atoms with Crippen molar-refractivity contribution in [1.29, 1.82) is 0 Å². The van der Waals surface area contributed by atoms with Crippen LogP contribution in [0.5, 0.6) is 0 Å². The Balaban J connectivity index is 0.694. The molecule has 2 aliphatic rings. The number of para-hydroxylation sites is 5. The van der Waals surface area contributed by atoms with E-state index in [-0.39, 0.29) is 12.0 Å². The molecule has 0 fully saturated rings. The lowest BCUT2D eigenvalue weighted by atomic mass is 9.86. The monoisotopic (exact) mass is 1510 g/mol. The maximum Gasteiger partial charge on any atom is 0.164 e. The van der Waals surface area contributed by atoms with Crippen molar-refractivity contribution in [2.24, 2.45) is 0 Å². The molecule has 0 saturated heterocycles. The summed E-state index contributed by atoms with van der Waals surface area (Å²) in [6.45, 7) is 0. The maximum atomic E-state index is 5.65. The molecule has 0 spiro atoms. The molecule has 552 valence electrons. The molecule has 0 radical (unpaired) electrons. The quantitative estimate of drug-likeness (QED) is 0.104. The highest BCUT2D eigenvalue weighted by atomic mass is 15.2. The van der Waals surface area contributed by atoms with Gasteiger partial charge in [-0.05, 0) is 95.6 Å². The highest BCUT2D eigenvalue weighted by molar-refractivity contribution is 6.24. The molecule has 0 bridgehead atoms. The van der Waals surface area contributed by atoms with Gasteiger partial charge in [-0.1, -0.05) is 315 Å². The number of rotatable bonds is 14. The molecule has 118 heavy (non-hydrogen) atoms. The van der Waals surface area contributed by atoms with Gasteiger partial charge in [0.25, 0.3) is 0 Å². The van der Waals surface area contributed by atoms with Crippen molar-refractivity contribution in [3.05, 3.63) is 405 Å². The molecule has 13 heteroatoms. The minimum Gasteiger partial charge on any atom is -0.332 e. The third kappa shape index (κ3) is 11.5. The predicted octanol–water partition coefficient (Wildman–Crippen LogP) is 24.8. The summed E-state index contributed by atoms with van der Waals surface area (Å²) < 4.78 is 7.28. The van der Waals surface area contributed by atoms with Crippen LogP contribution in [0.15, 0.2) is 394 Å². The third-order valence-electron chi connectivity index (χ3n) is 23.0. The van der Waals surface area contributed by atoms with Crippen molar-refractivity contribution in [3.63, 3.8) is 0 Å². The number of allylic oxidation sites excluding steroid dienone is 2.